The molecule has 6 N–H and O–H groups in total. The minimum Gasteiger partial charge on any atom is -0.405 e. The SMILES string of the molecule is N/C=C\C(=C/N)c1c(-c2ccccc2)nc(N)n2nc(Cc3ncccc3F)nc12. The predicted octanol–water partition coefficient (Wildman–Crippen LogP) is 2.27. The number of allylic oxidation sites excluding steroid dienone is 2. The molecular weight excluding hydrogens is 383 g/mol. The number of nitrogen functional groups attached to an aromatic ring is 1. The van der Waals surface area contributed by atoms with E-state index in [2.05, 4.69) is 20.1 Å². The van der Waals surface area contributed by atoms with Crippen LogP contribution >= 0.6 is 0 Å². The molecule has 4 rings (SSSR count). The van der Waals surface area contributed by atoms with Crippen molar-refractivity contribution in [2.75, 3.05) is 5.73 Å². The minimum absolute atomic E-state index is 0.0995. The van der Waals surface area contributed by atoms with Gasteiger partial charge in [-0.05, 0) is 24.4 Å². The highest BCUT2D eigenvalue weighted by Crippen LogP contribution is 2.32. The molecule has 8 nitrogen and oxygen atoms in total. The summed E-state index contributed by atoms with van der Waals surface area (Å²) < 4.78 is 15.5. The van der Waals surface area contributed by atoms with Crippen LogP contribution in [-0.4, -0.2) is 24.6 Å². The van der Waals surface area contributed by atoms with Gasteiger partial charge < -0.3 is 17.2 Å². The number of nitrogens with two attached hydrogens (primary N) is 3. The molecule has 0 bridgehead atoms. The lowest BCUT2D eigenvalue weighted by Gasteiger charge is -2.12. The first-order valence-electron chi connectivity index (χ1n) is 9.13. The molecule has 3 heterocycles. The van der Waals surface area contributed by atoms with E-state index >= 15 is 0 Å². The van der Waals surface area contributed by atoms with Crippen molar-refractivity contribution in [3.63, 3.8) is 0 Å². The molecule has 0 unspecified atom stereocenters. The summed E-state index contributed by atoms with van der Waals surface area (Å²) in [6.07, 6.45) is 6.05. The second-order valence-electron chi connectivity index (χ2n) is 6.41. The van der Waals surface area contributed by atoms with Crippen molar-refractivity contribution in [2.45, 2.75) is 6.42 Å². The van der Waals surface area contributed by atoms with Crippen molar-refractivity contribution in [2.24, 2.45) is 11.5 Å². The maximum atomic E-state index is 14.0. The summed E-state index contributed by atoms with van der Waals surface area (Å²) in [4.78, 5) is 13.2. The van der Waals surface area contributed by atoms with Crippen LogP contribution in [0.15, 0.2) is 67.1 Å². The lowest BCUT2D eigenvalue weighted by molar-refractivity contribution is 0.601. The monoisotopic (exact) mass is 402 g/mol. The van der Waals surface area contributed by atoms with Crippen molar-refractivity contribution < 1.29 is 4.39 Å². The van der Waals surface area contributed by atoms with Crippen LogP contribution in [0.2, 0.25) is 0 Å². The topological polar surface area (TPSA) is 134 Å². The summed E-state index contributed by atoms with van der Waals surface area (Å²) in [6.45, 7) is 0. The van der Waals surface area contributed by atoms with Gasteiger partial charge in [0, 0.05) is 23.5 Å². The Hall–Kier alpha value is -4.27. The molecule has 0 spiro atoms. The van der Waals surface area contributed by atoms with Crippen molar-refractivity contribution in [3.05, 3.63) is 90.0 Å². The van der Waals surface area contributed by atoms with Crippen molar-refractivity contribution in [1.82, 2.24) is 24.6 Å². The average Bonchev–Trinajstić information content (AvgIpc) is 3.19. The Bertz CT molecular complexity index is 1260. The molecule has 0 saturated carbocycles. The van der Waals surface area contributed by atoms with E-state index in [9.17, 15) is 4.39 Å². The first kappa shape index (κ1) is 19.1. The largest absolute Gasteiger partial charge is 0.405 e. The quantitative estimate of drug-likeness (QED) is 0.436. The van der Waals surface area contributed by atoms with Gasteiger partial charge >= 0.3 is 0 Å². The molecule has 0 amide bonds. The number of rotatable bonds is 5. The van der Waals surface area contributed by atoms with E-state index in [0.717, 1.165) is 5.56 Å². The fraction of sp³-hybridized carbons (Fsp3) is 0.0476. The molecule has 0 saturated heterocycles. The molecule has 0 aliphatic heterocycles. The first-order valence-corrected chi connectivity index (χ1v) is 9.13. The standard InChI is InChI=1S/C21H19FN8/c22-15-7-4-10-26-16(15)11-17-27-20-18(14(12-24)8-9-23)19(13-5-2-1-3-6-13)28-21(25)30(20)29-17/h1-10,12H,11,23-24H2,(H2,25,28)/b9-8-,14-12+. The fourth-order valence-electron chi connectivity index (χ4n) is 3.17. The number of nitrogens with zero attached hydrogens (tertiary/aromatic N) is 5. The molecule has 4 aromatic rings. The van der Waals surface area contributed by atoms with Crippen LogP contribution in [0.4, 0.5) is 10.3 Å². The lowest BCUT2D eigenvalue weighted by Crippen LogP contribution is -2.07. The highest BCUT2D eigenvalue weighted by Gasteiger charge is 2.21. The Balaban J connectivity index is 1.96. The number of fused-ring (bicyclic) bond motifs is 1. The number of pyridine rings is 1. The molecule has 9 heteroatoms. The molecule has 150 valence electrons. The van der Waals surface area contributed by atoms with Gasteiger partial charge in [0.15, 0.2) is 11.5 Å². The number of benzene rings is 1. The third-order valence-corrected chi connectivity index (χ3v) is 4.51. The number of halogens is 1. The third-order valence-electron chi connectivity index (χ3n) is 4.51. The van der Waals surface area contributed by atoms with Gasteiger partial charge in [0.1, 0.15) is 5.82 Å². The van der Waals surface area contributed by atoms with Crippen LogP contribution in [0.1, 0.15) is 17.1 Å². The van der Waals surface area contributed by atoms with E-state index in [0.29, 0.717) is 28.3 Å². The zero-order valence-corrected chi connectivity index (χ0v) is 15.9. The van der Waals surface area contributed by atoms with Crippen molar-refractivity contribution >= 4 is 17.2 Å². The zero-order chi connectivity index (χ0) is 21.1. The van der Waals surface area contributed by atoms with Crippen LogP contribution < -0.4 is 17.2 Å². The van der Waals surface area contributed by atoms with Gasteiger partial charge in [0.2, 0.25) is 5.95 Å². The number of hydrogen-bond acceptors (Lipinski definition) is 7. The number of aromatic nitrogens is 5. The molecule has 0 aliphatic carbocycles. The highest BCUT2D eigenvalue weighted by atomic mass is 19.1. The van der Waals surface area contributed by atoms with Gasteiger partial charge in [-0.15, -0.1) is 5.10 Å². The molecule has 3 aromatic heterocycles. The lowest BCUT2D eigenvalue weighted by atomic mass is 10.0. The van der Waals surface area contributed by atoms with Gasteiger partial charge in [-0.3, -0.25) is 4.98 Å². The Morgan fingerprint density at radius 3 is 2.57 bits per heavy atom. The van der Waals surface area contributed by atoms with Crippen LogP contribution in [0.3, 0.4) is 0 Å². The van der Waals surface area contributed by atoms with E-state index in [1.54, 1.807) is 6.08 Å². The molecule has 1 aromatic carbocycles. The molecule has 0 atom stereocenters. The summed E-state index contributed by atoms with van der Waals surface area (Å²) in [7, 11) is 0. The van der Waals surface area contributed by atoms with E-state index in [1.165, 1.54) is 35.2 Å². The molecular formula is C21H19FN8. The Labute approximate surface area is 171 Å². The van der Waals surface area contributed by atoms with Gasteiger partial charge in [-0.1, -0.05) is 30.3 Å². The molecule has 0 aliphatic rings. The van der Waals surface area contributed by atoms with Crippen molar-refractivity contribution in [1.29, 1.82) is 0 Å². The predicted molar refractivity (Wildman–Crippen MR) is 113 cm³/mol. The average molecular weight is 402 g/mol. The summed E-state index contributed by atoms with van der Waals surface area (Å²) in [5.74, 6) is 0.0582. The molecule has 30 heavy (non-hydrogen) atoms. The van der Waals surface area contributed by atoms with Gasteiger partial charge in [-0.25, -0.2) is 14.4 Å². The van der Waals surface area contributed by atoms with E-state index in [1.807, 2.05) is 30.3 Å². The fourth-order valence-corrected chi connectivity index (χ4v) is 3.17. The summed E-state index contributed by atoms with van der Waals surface area (Å²) in [5, 5.41) is 4.41. The van der Waals surface area contributed by atoms with Crippen LogP contribution in [0.5, 0.6) is 0 Å². The molecule has 0 radical (unpaired) electrons. The second kappa shape index (κ2) is 8.00. The van der Waals surface area contributed by atoms with Gasteiger partial charge in [0.25, 0.3) is 0 Å². The Kier molecular flexibility index (Phi) is 5.08. The van der Waals surface area contributed by atoms with Crippen LogP contribution in [0, 0.1) is 5.82 Å². The number of anilines is 1. The minimum atomic E-state index is -0.429. The van der Waals surface area contributed by atoms with Crippen LogP contribution in [0.25, 0.3) is 22.5 Å². The van der Waals surface area contributed by atoms with E-state index in [4.69, 9.17) is 17.2 Å². The van der Waals surface area contributed by atoms with Gasteiger partial charge in [-0.2, -0.15) is 4.52 Å². The summed E-state index contributed by atoms with van der Waals surface area (Å²) in [5.41, 5.74) is 21.0. The van der Waals surface area contributed by atoms with Crippen molar-refractivity contribution in [3.8, 4) is 11.3 Å². The van der Waals surface area contributed by atoms with E-state index < -0.39 is 5.82 Å². The highest BCUT2D eigenvalue weighted by molar-refractivity contribution is 5.90. The molecule has 0 fully saturated rings. The van der Waals surface area contributed by atoms with E-state index in [-0.39, 0.29) is 18.1 Å². The van der Waals surface area contributed by atoms with Gasteiger partial charge in [0.05, 0.1) is 23.4 Å². The number of hydrogen-bond donors (Lipinski definition) is 3. The Morgan fingerprint density at radius 2 is 1.87 bits per heavy atom. The zero-order valence-electron chi connectivity index (χ0n) is 15.9. The maximum absolute atomic E-state index is 14.0. The maximum Gasteiger partial charge on any atom is 0.223 e. The first-order chi connectivity index (χ1) is 14.6. The summed E-state index contributed by atoms with van der Waals surface area (Å²) >= 11 is 0. The Morgan fingerprint density at radius 1 is 1.07 bits per heavy atom. The smallest absolute Gasteiger partial charge is 0.223 e. The third kappa shape index (κ3) is 3.44. The normalized spacial score (nSPS) is 12.1. The second-order valence-corrected chi connectivity index (χ2v) is 6.41. The van der Waals surface area contributed by atoms with Crippen LogP contribution in [-0.2, 0) is 6.42 Å². The summed E-state index contributed by atoms with van der Waals surface area (Å²) in [6, 6.07) is 12.4.